The number of para-hydroxylation sites is 4. The van der Waals surface area contributed by atoms with Gasteiger partial charge in [0.2, 0.25) is 0 Å². The summed E-state index contributed by atoms with van der Waals surface area (Å²) in [6.07, 6.45) is 0. The number of fused-ring (bicyclic) bond motifs is 14. The summed E-state index contributed by atoms with van der Waals surface area (Å²) < 4.78 is 14.8. The number of rotatable bonds is 4. The van der Waals surface area contributed by atoms with Gasteiger partial charge in [0.1, 0.15) is 11.5 Å². The monoisotopic (exact) mass is 1010 g/mol. The Balaban J connectivity index is 1.02. The zero-order chi connectivity index (χ0) is 53.1. The number of ether oxygens (including phenoxy) is 1. The van der Waals surface area contributed by atoms with E-state index in [2.05, 4.69) is 287 Å². The number of nitrogens with zero attached hydrogens (tertiary/aromatic N) is 4. The van der Waals surface area contributed by atoms with E-state index in [1.165, 1.54) is 82.1 Å². The van der Waals surface area contributed by atoms with E-state index >= 15 is 0 Å². The van der Waals surface area contributed by atoms with Gasteiger partial charge in [-0.1, -0.05) is 184 Å². The Morgan fingerprint density at radius 3 is 1.27 bits per heavy atom. The number of hydrogen-bond acceptors (Lipinski definition) is 2. The summed E-state index contributed by atoms with van der Waals surface area (Å²) in [6.45, 7) is 20.7. The van der Waals surface area contributed by atoms with Crippen LogP contribution < -0.4 is 26.0 Å². The smallest absolute Gasteiger partial charge is 0.256 e. The molecule has 5 nitrogen and oxygen atoms in total. The first-order valence-electron chi connectivity index (χ1n) is 27.7. The van der Waals surface area contributed by atoms with E-state index in [0.29, 0.717) is 0 Å². The highest BCUT2D eigenvalue weighted by Crippen LogP contribution is 2.47. The van der Waals surface area contributed by atoms with Crippen LogP contribution in [0.4, 0.5) is 17.1 Å². The molecule has 10 aromatic carbocycles. The normalized spacial score (nSPS) is 13.5. The molecule has 78 heavy (non-hydrogen) atoms. The van der Waals surface area contributed by atoms with Crippen LogP contribution in [-0.4, -0.2) is 20.4 Å². The van der Waals surface area contributed by atoms with E-state index in [1.54, 1.807) is 0 Å². The third-order valence-electron chi connectivity index (χ3n) is 17.2. The predicted octanol–water partition coefficient (Wildman–Crippen LogP) is 17.3. The zero-order valence-electron chi connectivity index (χ0n) is 45.9. The van der Waals surface area contributed by atoms with Crippen molar-refractivity contribution in [2.24, 2.45) is 0 Å². The van der Waals surface area contributed by atoms with Crippen molar-refractivity contribution in [1.29, 1.82) is 0 Å². The predicted molar refractivity (Wildman–Crippen MR) is 331 cm³/mol. The van der Waals surface area contributed by atoms with E-state index in [4.69, 9.17) is 4.74 Å². The van der Waals surface area contributed by atoms with Crippen molar-refractivity contribution in [3.8, 4) is 28.6 Å². The largest absolute Gasteiger partial charge is 0.458 e. The van der Waals surface area contributed by atoms with E-state index in [0.717, 1.165) is 62.0 Å². The van der Waals surface area contributed by atoms with Crippen molar-refractivity contribution in [2.45, 2.75) is 78.6 Å². The van der Waals surface area contributed by atoms with Crippen molar-refractivity contribution < 1.29 is 4.74 Å². The SMILES string of the molecule is CC(C)(C)c1ccc(N2c3ccc(C(C)(C)C)cc3B3c4cc(C(C)(C)C)ccc4Oc4cc(-n5c6ccccc6c6ccc7c8ccccc8n(-c8ccc(-n9c%10ccccc%10c%10ccccc%109)cc8)c7c65)cc2c43)cc1. The van der Waals surface area contributed by atoms with Gasteiger partial charge in [-0.15, -0.1) is 0 Å². The second-order valence-electron chi connectivity index (χ2n) is 25.0. The Morgan fingerprint density at radius 2 is 0.744 bits per heavy atom. The molecule has 0 spiro atoms. The maximum atomic E-state index is 7.39. The van der Waals surface area contributed by atoms with Crippen molar-refractivity contribution in [3.63, 3.8) is 0 Å². The standard InChI is InChI=1S/C72H61BN4O/c1-70(2,3)44-26-30-47(31-27-44)75-63-38-28-45(71(4,5)6)40-57(63)73-58-41-46(72(7,8)9)29-39-65(58)78-66-43-50(42-64(75)67(66)73)77-62-25-17-13-21-54(62)56-37-36-55-53-20-12-16-24-61(53)76(68(55)69(56)77)49-34-32-48(33-35-49)74-59-22-14-10-18-51(59)52-19-11-15-23-60(52)74/h10-43H,1-9H3. The molecule has 15 rings (SSSR count). The highest BCUT2D eigenvalue weighted by molar-refractivity contribution is 6.99. The molecule has 5 heterocycles. The van der Waals surface area contributed by atoms with Crippen LogP contribution in [0, 0.1) is 0 Å². The first kappa shape index (κ1) is 46.6. The Bertz CT molecular complexity index is 4590. The van der Waals surface area contributed by atoms with Crippen LogP contribution in [-0.2, 0) is 16.2 Å². The third-order valence-corrected chi connectivity index (χ3v) is 17.2. The molecule has 0 amide bonds. The fourth-order valence-corrected chi connectivity index (χ4v) is 13.2. The molecule has 0 radical (unpaired) electrons. The lowest BCUT2D eigenvalue weighted by atomic mass is 9.33. The van der Waals surface area contributed by atoms with Crippen LogP contribution in [0.3, 0.4) is 0 Å². The number of anilines is 3. The summed E-state index contributed by atoms with van der Waals surface area (Å²) in [7, 11) is 0. The second kappa shape index (κ2) is 16.4. The zero-order valence-corrected chi connectivity index (χ0v) is 45.9. The summed E-state index contributed by atoms with van der Waals surface area (Å²) >= 11 is 0. The van der Waals surface area contributed by atoms with Gasteiger partial charge in [-0.25, -0.2) is 0 Å². The molecule has 0 N–H and O–H groups in total. The third kappa shape index (κ3) is 6.81. The van der Waals surface area contributed by atoms with Crippen LogP contribution in [0.5, 0.6) is 11.5 Å². The molecular weight excluding hydrogens is 948 g/mol. The van der Waals surface area contributed by atoms with Gasteiger partial charge >= 0.3 is 0 Å². The highest BCUT2D eigenvalue weighted by atomic mass is 16.5. The van der Waals surface area contributed by atoms with Gasteiger partial charge in [-0.2, -0.15) is 0 Å². The molecule has 0 aliphatic carbocycles. The van der Waals surface area contributed by atoms with Crippen molar-refractivity contribution in [3.05, 3.63) is 223 Å². The molecular formula is C72H61BN4O. The summed E-state index contributed by atoms with van der Waals surface area (Å²) in [5, 5.41) is 7.33. The van der Waals surface area contributed by atoms with Crippen LogP contribution in [0.1, 0.15) is 79.0 Å². The highest BCUT2D eigenvalue weighted by Gasteiger charge is 2.43. The van der Waals surface area contributed by atoms with Gasteiger partial charge in [0.25, 0.3) is 6.71 Å². The summed E-state index contributed by atoms with van der Waals surface area (Å²) in [4.78, 5) is 2.52. The van der Waals surface area contributed by atoms with Gasteiger partial charge < -0.3 is 23.3 Å². The maximum absolute atomic E-state index is 7.39. The van der Waals surface area contributed by atoms with Crippen molar-refractivity contribution in [2.75, 3.05) is 4.90 Å². The lowest BCUT2D eigenvalue weighted by Crippen LogP contribution is -2.60. The average molecular weight is 1010 g/mol. The van der Waals surface area contributed by atoms with Gasteiger partial charge in [-0.3, -0.25) is 0 Å². The molecule has 0 unspecified atom stereocenters. The number of hydrogen-bond donors (Lipinski definition) is 0. The Kier molecular flexibility index (Phi) is 9.78. The number of aromatic nitrogens is 3. The van der Waals surface area contributed by atoms with Crippen LogP contribution in [0.15, 0.2) is 206 Å². The summed E-state index contributed by atoms with van der Waals surface area (Å²) in [6, 6.07) is 77.5. The Morgan fingerprint density at radius 1 is 0.321 bits per heavy atom. The lowest BCUT2D eigenvalue weighted by molar-refractivity contribution is 0.486. The van der Waals surface area contributed by atoms with Crippen molar-refractivity contribution in [1.82, 2.24) is 13.7 Å². The Labute approximate surface area is 456 Å². The molecule has 3 aromatic heterocycles. The fraction of sp³-hybridized carbons (Fsp3) is 0.167. The van der Waals surface area contributed by atoms with E-state index < -0.39 is 0 Å². The van der Waals surface area contributed by atoms with E-state index in [-0.39, 0.29) is 23.0 Å². The van der Waals surface area contributed by atoms with Crippen molar-refractivity contribution >= 4 is 106 Å². The van der Waals surface area contributed by atoms with Gasteiger partial charge in [0, 0.05) is 66.8 Å². The molecule has 0 bridgehead atoms. The molecule has 13 aromatic rings. The minimum atomic E-state index is -0.0598. The molecule has 0 fully saturated rings. The average Bonchev–Trinajstić information content (AvgIpc) is 4.17. The summed E-state index contributed by atoms with van der Waals surface area (Å²) in [5.41, 5.74) is 21.2. The van der Waals surface area contributed by atoms with Gasteiger partial charge in [0.05, 0.1) is 38.8 Å². The second-order valence-corrected chi connectivity index (χ2v) is 25.0. The first-order valence-corrected chi connectivity index (χ1v) is 27.7. The molecule has 0 saturated carbocycles. The van der Waals surface area contributed by atoms with E-state index in [1.807, 2.05) is 0 Å². The van der Waals surface area contributed by atoms with Crippen LogP contribution >= 0.6 is 0 Å². The van der Waals surface area contributed by atoms with E-state index in [9.17, 15) is 0 Å². The first-order chi connectivity index (χ1) is 37.6. The molecule has 2 aliphatic heterocycles. The summed E-state index contributed by atoms with van der Waals surface area (Å²) in [5.74, 6) is 1.79. The van der Waals surface area contributed by atoms with Gasteiger partial charge in [0.15, 0.2) is 0 Å². The topological polar surface area (TPSA) is 27.3 Å². The fourth-order valence-electron chi connectivity index (χ4n) is 13.2. The molecule has 0 atom stereocenters. The molecule has 6 heteroatoms. The molecule has 0 saturated heterocycles. The minimum absolute atomic E-state index is 0.00512. The van der Waals surface area contributed by atoms with Crippen LogP contribution in [0.2, 0.25) is 0 Å². The molecule has 378 valence electrons. The minimum Gasteiger partial charge on any atom is -0.458 e. The lowest BCUT2D eigenvalue weighted by Gasteiger charge is -2.41. The quantitative estimate of drug-likeness (QED) is 0.164. The Hall–Kier alpha value is -8.74. The van der Waals surface area contributed by atoms with Gasteiger partial charge in [-0.05, 0) is 128 Å². The number of benzene rings is 10. The van der Waals surface area contributed by atoms with Crippen LogP contribution in [0.25, 0.3) is 82.5 Å². The maximum Gasteiger partial charge on any atom is 0.256 e. The molecule has 2 aliphatic rings.